The van der Waals surface area contributed by atoms with Crippen LogP contribution >= 0.6 is 34.8 Å². The molecule has 8 heteroatoms. The monoisotopic (exact) mass is 380 g/mol. The zero-order valence-corrected chi connectivity index (χ0v) is 15.0. The fraction of sp³-hybridized carbons (Fsp3) is 0.125. The summed E-state index contributed by atoms with van der Waals surface area (Å²) in [5, 5.41) is 9.43. The van der Waals surface area contributed by atoms with Crippen molar-refractivity contribution in [3.8, 4) is 28.3 Å². The number of halogens is 3. The van der Waals surface area contributed by atoms with E-state index < -0.39 is 0 Å². The number of ether oxygens (including phenoxy) is 1. The fourth-order valence-electron chi connectivity index (χ4n) is 2.38. The van der Waals surface area contributed by atoms with Crippen LogP contribution in [0.15, 0.2) is 30.6 Å². The van der Waals surface area contributed by atoms with Crippen molar-refractivity contribution in [3.63, 3.8) is 0 Å². The summed E-state index contributed by atoms with van der Waals surface area (Å²) in [6, 6.07) is 5.17. The van der Waals surface area contributed by atoms with E-state index in [4.69, 9.17) is 39.5 Å². The standard InChI is InChI=1S/C16H11Cl3N4O/c1-8-13(9-3-4-20-12(19)5-9)14(16(24-2)23-22-8)15-11(18)6-10(17)7-21-15/h3-7H,1-2H3. The van der Waals surface area contributed by atoms with Gasteiger partial charge < -0.3 is 4.74 Å². The molecule has 0 bridgehead atoms. The highest BCUT2D eigenvalue weighted by atomic mass is 35.5. The molecular weight excluding hydrogens is 371 g/mol. The summed E-state index contributed by atoms with van der Waals surface area (Å²) < 4.78 is 5.38. The van der Waals surface area contributed by atoms with Gasteiger partial charge in [-0.15, -0.1) is 5.10 Å². The van der Waals surface area contributed by atoms with Crippen LogP contribution in [0.2, 0.25) is 15.2 Å². The lowest BCUT2D eigenvalue weighted by Crippen LogP contribution is -2.02. The Morgan fingerprint density at radius 1 is 1.00 bits per heavy atom. The van der Waals surface area contributed by atoms with Gasteiger partial charge in [0.05, 0.1) is 34.1 Å². The largest absolute Gasteiger partial charge is 0.479 e. The summed E-state index contributed by atoms with van der Waals surface area (Å²) in [4.78, 5) is 8.35. The highest BCUT2D eigenvalue weighted by Crippen LogP contribution is 2.41. The smallest absolute Gasteiger partial charge is 0.243 e. The van der Waals surface area contributed by atoms with E-state index in [0.29, 0.717) is 38.0 Å². The second-order valence-corrected chi connectivity index (χ2v) is 6.13. The van der Waals surface area contributed by atoms with Crippen molar-refractivity contribution < 1.29 is 4.74 Å². The summed E-state index contributed by atoms with van der Waals surface area (Å²) in [6.45, 7) is 1.84. The molecule has 3 rings (SSSR count). The zero-order chi connectivity index (χ0) is 17.3. The van der Waals surface area contributed by atoms with Crippen molar-refractivity contribution in [1.82, 2.24) is 20.2 Å². The van der Waals surface area contributed by atoms with Gasteiger partial charge in [-0.2, -0.15) is 5.10 Å². The van der Waals surface area contributed by atoms with E-state index in [2.05, 4.69) is 20.2 Å². The van der Waals surface area contributed by atoms with E-state index >= 15 is 0 Å². The fourth-order valence-corrected chi connectivity index (χ4v) is 3.03. The molecule has 0 aliphatic carbocycles. The third-order valence-corrected chi connectivity index (χ3v) is 4.07. The molecule has 0 atom stereocenters. The van der Waals surface area contributed by atoms with Gasteiger partial charge in [0.25, 0.3) is 0 Å². The number of aromatic nitrogens is 4. The molecule has 0 unspecified atom stereocenters. The van der Waals surface area contributed by atoms with Crippen molar-refractivity contribution in [3.05, 3.63) is 51.5 Å². The lowest BCUT2D eigenvalue weighted by atomic mass is 9.98. The maximum absolute atomic E-state index is 6.35. The Morgan fingerprint density at radius 2 is 1.79 bits per heavy atom. The number of nitrogens with zero attached hydrogens (tertiary/aromatic N) is 4. The quantitative estimate of drug-likeness (QED) is 0.605. The number of methoxy groups -OCH3 is 1. The third kappa shape index (κ3) is 3.15. The molecule has 5 nitrogen and oxygen atoms in total. The van der Waals surface area contributed by atoms with E-state index in [1.807, 2.05) is 13.0 Å². The van der Waals surface area contributed by atoms with Gasteiger partial charge in [-0.25, -0.2) is 4.98 Å². The Kier molecular flexibility index (Phi) is 4.85. The van der Waals surface area contributed by atoms with Crippen LogP contribution in [0, 0.1) is 6.92 Å². The minimum absolute atomic E-state index is 0.306. The number of aryl methyl sites for hydroxylation is 1. The molecule has 0 amide bonds. The summed E-state index contributed by atoms with van der Waals surface area (Å²) in [5.41, 5.74) is 3.38. The molecule has 24 heavy (non-hydrogen) atoms. The van der Waals surface area contributed by atoms with Crippen LogP contribution in [0.4, 0.5) is 0 Å². The molecule has 0 saturated heterocycles. The second-order valence-electron chi connectivity index (χ2n) is 4.90. The second kappa shape index (κ2) is 6.89. The first kappa shape index (κ1) is 16.9. The Balaban J connectivity index is 2.37. The van der Waals surface area contributed by atoms with E-state index in [1.54, 1.807) is 18.3 Å². The van der Waals surface area contributed by atoms with Gasteiger partial charge in [-0.1, -0.05) is 34.8 Å². The number of rotatable bonds is 3. The zero-order valence-electron chi connectivity index (χ0n) is 12.7. The van der Waals surface area contributed by atoms with Crippen LogP contribution in [-0.2, 0) is 0 Å². The Hall–Kier alpha value is -1.95. The summed E-state index contributed by atoms with van der Waals surface area (Å²) >= 11 is 18.3. The van der Waals surface area contributed by atoms with Crippen LogP contribution in [0.5, 0.6) is 5.88 Å². The predicted octanol–water partition coefficient (Wildman–Crippen LogP) is 4.88. The van der Waals surface area contributed by atoms with Crippen molar-refractivity contribution >= 4 is 34.8 Å². The minimum Gasteiger partial charge on any atom is -0.479 e. The molecule has 3 aromatic heterocycles. The summed E-state index contributed by atoms with van der Waals surface area (Å²) in [5.74, 6) is 0.306. The summed E-state index contributed by atoms with van der Waals surface area (Å²) in [6.07, 6.45) is 3.13. The van der Waals surface area contributed by atoms with E-state index in [0.717, 1.165) is 11.1 Å². The van der Waals surface area contributed by atoms with Crippen LogP contribution in [0.1, 0.15) is 5.69 Å². The van der Waals surface area contributed by atoms with Crippen LogP contribution in [-0.4, -0.2) is 27.3 Å². The average molecular weight is 382 g/mol. The first-order chi connectivity index (χ1) is 11.5. The molecular formula is C16H11Cl3N4O. The van der Waals surface area contributed by atoms with E-state index in [-0.39, 0.29) is 0 Å². The van der Waals surface area contributed by atoms with Crippen molar-refractivity contribution in [2.24, 2.45) is 0 Å². The highest BCUT2D eigenvalue weighted by molar-refractivity contribution is 6.36. The first-order valence-corrected chi connectivity index (χ1v) is 7.99. The summed E-state index contributed by atoms with van der Waals surface area (Å²) in [7, 11) is 1.51. The minimum atomic E-state index is 0.306. The van der Waals surface area contributed by atoms with Crippen LogP contribution in [0.3, 0.4) is 0 Å². The maximum atomic E-state index is 6.35. The average Bonchev–Trinajstić information content (AvgIpc) is 2.54. The normalized spacial score (nSPS) is 10.7. The van der Waals surface area contributed by atoms with Crippen molar-refractivity contribution in [1.29, 1.82) is 0 Å². The Labute approximate surface area is 153 Å². The van der Waals surface area contributed by atoms with Gasteiger partial charge in [-0.05, 0) is 30.7 Å². The third-order valence-electron chi connectivity index (χ3n) is 3.37. The number of hydrogen-bond acceptors (Lipinski definition) is 5. The van der Waals surface area contributed by atoms with Gasteiger partial charge >= 0.3 is 0 Å². The molecule has 0 spiro atoms. The maximum Gasteiger partial charge on any atom is 0.243 e. The topological polar surface area (TPSA) is 60.8 Å². The Bertz CT molecular complexity index is 918. The van der Waals surface area contributed by atoms with Crippen molar-refractivity contribution in [2.75, 3.05) is 7.11 Å². The lowest BCUT2D eigenvalue weighted by molar-refractivity contribution is 0.393. The molecule has 0 aliphatic rings. The predicted molar refractivity (Wildman–Crippen MR) is 94.8 cm³/mol. The molecule has 3 heterocycles. The highest BCUT2D eigenvalue weighted by Gasteiger charge is 2.22. The molecule has 0 radical (unpaired) electrons. The van der Waals surface area contributed by atoms with E-state index in [1.165, 1.54) is 13.3 Å². The SMILES string of the molecule is COc1nnc(C)c(-c2ccnc(Cl)c2)c1-c1ncc(Cl)cc1Cl. The molecule has 0 aliphatic heterocycles. The van der Waals surface area contributed by atoms with Gasteiger partial charge in [0.15, 0.2) is 0 Å². The molecule has 122 valence electrons. The van der Waals surface area contributed by atoms with Gasteiger partial charge in [-0.3, -0.25) is 4.98 Å². The number of hydrogen-bond donors (Lipinski definition) is 0. The molecule has 0 saturated carbocycles. The van der Waals surface area contributed by atoms with Gasteiger partial charge in [0.2, 0.25) is 5.88 Å². The van der Waals surface area contributed by atoms with Gasteiger partial charge in [0, 0.05) is 18.0 Å². The van der Waals surface area contributed by atoms with Crippen molar-refractivity contribution in [2.45, 2.75) is 6.92 Å². The molecule has 0 N–H and O–H groups in total. The van der Waals surface area contributed by atoms with Crippen LogP contribution in [0.25, 0.3) is 22.4 Å². The number of pyridine rings is 2. The van der Waals surface area contributed by atoms with E-state index in [9.17, 15) is 0 Å². The van der Waals surface area contributed by atoms with Crippen LogP contribution < -0.4 is 4.74 Å². The Morgan fingerprint density at radius 3 is 2.46 bits per heavy atom. The molecule has 0 fully saturated rings. The lowest BCUT2D eigenvalue weighted by Gasteiger charge is -2.15. The van der Waals surface area contributed by atoms with Gasteiger partial charge in [0.1, 0.15) is 5.15 Å². The first-order valence-electron chi connectivity index (χ1n) is 6.86. The molecule has 0 aromatic carbocycles. The molecule has 3 aromatic rings.